The molecule has 1 aliphatic heterocycles. The zero-order chi connectivity index (χ0) is 14.7. The topological polar surface area (TPSA) is 40.5 Å². The van der Waals surface area contributed by atoms with Crippen molar-refractivity contribution >= 4 is 17.4 Å². The molecule has 1 N–H and O–H groups in total. The molecule has 0 saturated carbocycles. The summed E-state index contributed by atoms with van der Waals surface area (Å²) in [6.45, 7) is 5.35. The molecule has 3 nitrogen and oxygen atoms in total. The summed E-state index contributed by atoms with van der Waals surface area (Å²) in [6, 6.07) is 3.86. The third-order valence-corrected chi connectivity index (χ3v) is 4.34. The molecule has 110 valence electrons. The fourth-order valence-electron chi connectivity index (χ4n) is 2.99. The number of phenolic OH excluding ortho intramolecular Hbond substituents is 1. The molecule has 1 heterocycles. The van der Waals surface area contributed by atoms with Crippen molar-refractivity contribution in [2.24, 2.45) is 0 Å². The van der Waals surface area contributed by atoms with E-state index in [9.17, 15) is 9.90 Å². The van der Waals surface area contributed by atoms with E-state index in [-0.39, 0.29) is 11.5 Å². The van der Waals surface area contributed by atoms with E-state index in [0.717, 1.165) is 18.5 Å². The number of carbonyl (C=O) groups is 1. The third kappa shape index (κ3) is 3.33. The van der Waals surface area contributed by atoms with Crippen LogP contribution in [0.3, 0.4) is 0 Å². The first-order valence-corrected chi connectivity index (χ1v) is 7.67. The summed E-state index contributed by atoms with van der Waals surface area (Å²) in [7, 11) is 0. The van der Waals surface area contributed by atoms with Gasteiger partial charge >= 0.3 is 0 Å². The van der Waals surface area contributed by atoms with E-state index in [0.29, 0.717) is 23.2 Å². The minimum Gasteiger partial charge on any atom is -0.507 e. The normalized spacial score (nSPS) is 20.1. The molecule has 0 bridgehead atoms. The molecule has 0 aliphatic carbocycles. The molecule has 0 radical (unpaired) electrons. The number of rotatable bonds is 4. The van der Waals surface area contributed by atoms with Crippen molar-refractivity contribution < 1.29 is 9.90 Å². The third-order valence-electron chi connectivity index (χ3n) is 4.13. The highest BCUT2D eigenvalue weighted by Gasteiger charge is 2.23. The van der Waals surface area contributed by atoms with Crippen LogP contribution in [0.25, 0.3) is 0 Å². The van der Waals surface area contributed by atoms with Gasteiger partial charge in [-0.3, -0.25) is 9.69 Å². The first kappa shape index (κ1) is 15.3. The second-order valence-electron chi connectivity index (χ2n) is 5.55. The molecule has 1 aliphatic rings. The quantitative estimate of drug-likeness (QED) is 0.853. The Morgan fingerprint density at radius 2 is 2.20 bits per heavy atom. The van der Waals surface area contributed by atoms with E-state index in [1.165, 1.54) is 32.3 Å². The van der Waals surface area contributed by atoms with E-state index >= 15 is 0 Å². The lowest BCUT2D eigenvalue weighted by Crippen LogP contribution is -2.38. The summed E-state index contributed by atoms with van der Waals surface area (Å²) >= 11 is 6.07. The molecule has 20 heavy (non-hydrogen) atoms. The van der Waals surface area contributed by atoms with Crippen molar-refractivity contribution in [2.75, 3.05) is 6.54 Å². The van der Waals surface area contributed by atoms with Gasteiger partial charge in [0, 0.05) is 23.2 Å². The molecule has 1 aromatic carbocycles. The number of likely N-dealkylation sites (tertiary alicyclic amines) is 1. The van der Waals surface area contributed by atoms with Gasteiger partial charge in [0.2, 0.25) is 0 Å². The second kappa shape index (κ2) is 6.59. The lowest BCUT2D eigenvalue weighted by molar-refractivity contribution is 0.101. The van der Waals surface area contributed by atoms with Gasteiger partial charge in [0.1, 0.15) is 5.75 Å². The number of ketones is 1. The number of hydrogen-bond acceptors (Lipinski definition) is 3. The number of aromatic hydroxyl groups is 1. The number of piperidine rings is 1. The average molecular weight is 296 g/mol. The fraction of sp³-hybridized carbons (Fsp3) is 0.562. The number of hydrogen-bond donors (Lipinski definition) is 1. The Morgan fingerprint density at radius 3 is 2.85 bits per heavy atom. The van der Waals surface area contributed by atoms with Gasteiger partial charge in [-0.2, -0.15) is 0 Å². The minimum absolute atomic E-state index is 0.0855. The van der Waals surface area contributed by atoms with Crippen molar-refractivity contribution in [3.05, 3.63) is 28.3 Å². The monoisotopic (exact) mass is 295 g/mol. The molecule has 2 rings (SSSR count). The van der Waals surface area contributed by atoms with Gasteiger partial charge in [0.15, 0.2) is 5.78 Å². The number of benzene rings is 1. The largest absolute Gasteiger partial charge is 0.507 e. The van der Waals surface area contributed by atoms with Crippen LogP contribution >= 0.6 is 11.6 Å². The van der Waals surface area contributed by atoms with Gasteiger partial charge in [-0.25, -0.2) is 0 Å². The van der Waals surface area contributed by atoms with Crippen LogP contribution in [0.2, 0.25) is 5.02 Å². The van der Waals surface area contributed by atoms with Crippen LogP contribution in [0.4, 0.5) is 0 Å². The fourth-order valence-corrected chi connectivity index (χ4v) is 3.23. The summed E-state index contributed by atoms with van der Waals surface area (Å²) in [4.78, 5) is 13.9. The first-order chi connectivity index (χ1) is 9.52. The Morgan fingerprint density at radius 1 is 1.45 bits per heavy atom. The maximum Gasteiger partial charge on any atom is 0.163 e. The van der Waals surface area contributed by atoms with Gasteiger partial charge < -0.3 is 5.11 Å². The number of phenols is 1. The highest BCUT2D eigenvalue weighted by atomic mass is 35.5. The summed E-state index contributed by atoms with van der Waals surface area (Å²) < 4.78 is 0. The molecular weight excluding hydrogens is 274 g/mol. The Labute approximate surface area is 125 Å². The lowest BCUT2D eigenvalue weighted by Gasteiger charge is -2.35. The molecular formula is C16H22ClNO2. The van der Waals surface area contributed by atoms with Crippen molar-refractivity contribution in [3.63, 3.8) is 0 Å². The van der Waals surface area contributed by atoms with Crippen LogP contribution in [0, 0.1) is 0 Å². The van der Waals surface area contributed by atoms with Crippen molar-refractivity contribution in [3.8, 4) is 5.75 Å². The van der Waals surface area contributed by atoms with Gasteiger partial charge in [-0.05, 0) is 44.9 Å². The predicted molar refractivity (Wildman–Crippen MR) is 81.5 cm³/mol. The van der Waals surface area contributed by atoms with Crippen LogP contribution in [0.5, 0.6) is 5.75 Å². The van der Waals surface area contributed by atoms with Crippen LogP contribution in [0.15, 0.2) is 12.1 Å². The highest BCUT2D eigenvalue weighted by molar-refractivity contribution is 6.31. The summed E-state index contributed by atoms with van der Waals surface area (Å²) in [5, 5.41) is 10.8. The van der Waals surface area contributed by atoms with Crippen molar-refractivity contribution in [1.82, 2.24) is 4.90 Å². The number of nitrogens with zero attached hydrogens (tertiary/aromatic N) is 1. The van der Waals surface area contributed by atoms with Crippen LogP contribution in [-0.4, -0.2) is 28.4 Å². The lowest BCUT2D eigenvalue weighted by atomic mass is 9.98. The molecule has 1 saturated heterocycles. The highest BCUT2D eigenvalue weighted by Crippen LogP contribution is 2.31. The minimum atomic E-state index is -0.156. The van der Waals surface area contributed by atoms with E-state index in [1.807, 2.05) is 0 Å². The number of halogens is 1. The van der Waals surface area contributed by atoms with Crippen molar-refractivity contribution in [1.29, 1.82) is 0 Å². The van der Waals surface area contributed by atoms with E-state index in [4.69, 9.17) is 11.6 Å². The van der Waals surface area contributed by atoms with Crippen LogP contribution < -0.4 is 0 Å². The summed E-state index contributed by atoms with van der Waals surface area (Å²) in [5.41, 5.74) is 1.07. The zero-order valence-corrected chi connectivity index (χ0v) is 12.9. The molecule has 1 fully saturated rings. The maximum absolute atomic E-state index is 11.6. The van der Waals surface area contributed by atoms with E-state index in [1.54, 1.807) is 6.07 Å². The van der Waals surface area contributed by atoms with Gasteiger partial charge in [-0.1, -0.05) is 24.9 Å². The van der Waals surface area contributed by atoms with E-state index < -0.39 is 0 Å². The second-order valence-corrected chi connectivity index (χ2v) is 5.98. The number of carbonyl (C=O) groups excluding carboxylic acids is 1. The Kier molecular flexibility index (Phi) is 5.06. The van der Waals surface area contributed by atoms with Crippen LogP contribution in [0.1, 0.15) is 55.5 Å². The predicted octanol–water partition coefficient (Wildman–Crippen LogP) is 4.01. The molecule has 4 heteroatoms. The average Bonchev–Trinajstić information content (AvgIpc) is 2.42. The SMILES string of the molecule is CCC1CCCCN1Cc1cc(Cl)cc(C(C)=O)c1O. The van der Waals surface area contributed by atoms with Gasteiger partial charge in [0.05, 0.1) is 5.56 Å². The summed E-state index contributed by atoms with van der Waals surface area (Å²) in [6.07, 6.45) is 4.78. The van der Waals surface area contributed by atoms with E-state index in [2.05, 4.69) is 11.8 Å². The molecule has 1 aromatic rings. The molecule has 0 aromatic heterocycles. The zero-order valence-electron chi connectivity index (χ0n) is 12.2. The molecule has 0 amide bonds. The molecule has 1 unspecified atom stereocenters. The summed E-state index contributed by atoms with van der Waals surface area (Å²) in [5.74, 6) is -0.0701. The Hall–Kier alpha value is -1.06. The Balaban J connectivity index is 2.26. The van der Waals surface area contributed by atoms with Crippen LogP contribution in [-0.2, 0) is 6.54 Å². The smallest absolute Gasteiger partial charge is 0.163 e. The van der Waals surface area contributed by atoms with Crippen molar-refractivity contribution in [2.45, 2.75) is 52.1 Å². The standard InChI is InChI=1S/C16H22ClNO2/c1-3-14-6-4-5-7-18(14)10-12-8-13(17)9-15(11(2)19)16(12)20/h8-9,14,20H,3-7,10H2,1-2H3. The maximum atomic E-state index is 11.6. The number of Topliss-reactive ketones (excluding diaryl/α,β-unsaturated/α-hetero) is 1. The van der Waals surface area contributed by atoms with Gasteiger partial charge in [-0.15, -0.1) is 0 Å². The first-order valence-electron chi connectivity index (χ1n) is 7.29. The molecule has 0 spiro atoms. The Bertz CT molecular complexity index is 501. The molecule has 1 atom stereocenters. The van der Waals surface area contributed by atoms with Gasteiger partial charge in [0.25, 0.3) is 0 Å².